The molecule has 1 aromatic carbocycles. The van der Waals surface area contributed by atoms with Gasteiger partial charge in [0.2, 0.25) is 5.91 Å². The van der Waals surface area contributed by atoms with Gasteiger partial charge in [-0.3, -0.25) is 14.5 Å². The van der Waals surface area contributed by atoms with Crippen molar-refractivity contribution in [3.05, 3.63) is 35.7 Å². The maximum atomic E-state index is 11.8. The lowest BCUT2D eigenvalue weighted by atomic mass is 10.2. The van der Waals surface area contributed by atoms with Gasteiger partial charge in [0.15, 0.2) is 5.13 Å². The number of thiazole rings is 1. The first-order chi connectivity index (χ1) is 9.58. The molecule has 0 aliphatic rings. The molecule has 0 bridgehead atoms. The highest BCUT2D eigenvalue weighted by Crippen LogP contribution is 2.26. The van der Waals surface area contributed by atoms with Gasteiger partial charge in [0, 0.05) is 24.4 Å². The van der Waals surface area contributed by atoms with Crippen LogP contribution in [0.3, 0.4) is 0 Å². The predicted octanol–water partition coefficient (Wildman–Crippen LogP) is 2.64. The Morgan fingerprint density at radius 2 is 1.95 bits per heavy atom. The molecule has 20 heavy (non-hydrogen) atoms. The summed E-state index contributed by atoms with van der Waals surface area (Å²) in [5.74, 6) is -1.22. The van der Waals surface area contributed by atoms with Crippen molar-refractivity contribution < 1.29 is 14.7 Å². The number of hydrogen-bond acceptors (Lipinski definition) is 4. The first-order valence-electron chi connectivity index (χ1n) is 6.07. The summed E-state index contributed by atoms with van der Waals surface area (Å²) in [5.41, 5.74) is 1.80. The van der Waals surface area contributed by atoms with E-state index in [0.29, 0.717) is 5.13 Å². The number of rotatable bonds is 5. The van der Waals surface area contributed by atoms with E-state index in [1.807, 2.05) is 35.7 Å². The molecule has 0 radical (unpaired) electrons. The lowest BCUT2D eigenvalue weighted by molar-refractivity contribution is -0.138. The van der Waals surface area contributed by atoms with Gasteiger partial charge < -0.3 is 5.11 Å². The number of hydrogen-bond donors (Lipinski definition) is 1. The Morgan fingerprint density at radius 1 is 1.25 bits per heavy atom. The van der Waals surface area contributed by atoms with Crippen molar-refractivity contribution in [1.82, 2.24) is 4.98 Å². The van der Waals surface area contributed by atoms with E-state index in [4.69, 9.17) is 5.11 Å². The van der Waals surface area contributed by atoms with Crippen LogP contribution < -0.4 is 4.90 Å². The molecule has 2 aromatic rings. The molecule has 2 rings (SSSR count). The van der Waals surface area contributed by atoms with Crippen LogP contribution in [0, 0.1) is 0 Å². The molecule has 6 heteroatoms. The molecule has 1 aromatic heterocycles. The number of anilines is 1. The van der Waals surface area contributed by atoms with Gasteiger partial charge in [-0.15, -0.1) is 11.3 Å². The first kappa shape index (κ1) is 14.2. The Bertz CT molecular complexity index is 610. The van der Waals surface area contributed by atoms with Gasteiger partial charge in [-0.05, 0) is 0 Å². The van der Waals surface area contributed by atoms with Crippen molar-refractivity contribution >= 4 is 28.3 Å². The van der Waals surface area contributed by atoms with Crippen molar-refractivity contribution in [1.29, 1.82) is 0 Å². The number of carbonyl (C=O) groups is 2. The van der Waals surface area contributed by atoms with Crippen LogP contribution in [-0.4, -0.2) is 29.0 Å². The summed E-state index contributed by atoms with van der Waals surface area (Å²) < 4.78 is 0. The molecule has 1 amide bonds. The summed E-state index contributed by atoms with van der Waals surface area (Å²) in [7, 11) is 1.61. The maximum absolute atomic E-state index is 11.8. The number of carboxylic acids is 1. The highest BCUT2D eigenvalue weighted by molar-refractivity contribution is 7.14. The Morgan fingerprint density at radius 3 is 2.60 bits per heavy atom. The highest BCUT2D eigenvalue weighted by Gasteiger charge is 2.16. The average molecular weight is 290 g/mol. The molecule has 0 aliphatic carbocycles. The van der Waals surface area contributed by atoms with E-state index in [1.54, 1.807) is 7.05 Å². The van der Waals surface area contributed by atoms with Crippen molar-refractivity contribution in [3.63, 3.8) is 0 Å². The molecular weight excluding hydrogens is 276 g/mol. The maximum Gasteiger partial charge on any atom is 0.303 e. The number of aliphatic carboxylic acids is 1. The van der Waals surface area contributed by atoms with E-state index in [1.165, 1.54) is 16.2 Å². The molecule has 5 nitrogen and oxygen atoms in total. The smallest absolute Gasteiger partial charge is 0.303 e. The molecule has 0 spiro atoms. The zero-order chi connectivity index (χ0) is 14.5. The second-order valence-electron chi connectivity index (χ2n) is 4.23. The molecule has 0 saturated heterocycles. The van der Waals surface area contributed by atoms with Crippen LogP contribution >= 0.6 is 11.3 Å². The third-order valence-electron chi connectivity index (χ3n) is 2.78. The fraction of sp³-hybridized carbons (Fsp3) is 0.214. The molecule has 0 aliphatic heterocycles. The van der Waals surface area contributed by atoms with Crippen LogP contribution in [0.4, 0.5) is 5.13 Å². The summed E-state index contributed by atoms with van der Waals surface area (Å²) >= 11 is 1.36. The minimum Gasteiger partial charge on any atom is -0.481 e. The number of amides is 1. The summed E-state index contributed by atoms with van der Waals surface area (Å²) in [6.07, 6.45) is -0.188. The number of benzene rings is 1. The molecule has 0 atom stereocenters. The molecule has 0 unspecified atom stereocenters. The van der Waals surface area contributed by atoms with Gasteiger partial charge in [0.25, 0.3) is 0 Å². The SMILES string of the molecule is CN(C(=O)CCC(=O)O)c1nc(-c2ccccc2)cs1. The Hall–Kier alpha value is -2.21. The minimum absolute atomic E-state index is 0.0217. The van der Waals surface area contributed by atoms with Crippen LogP contribution in [0.5, 0.6) is 0 Å². The van der Waals surface area contributed by atoms with E-state index >= 15 is 0 Å². The van der Waals surface area contributed by atoms with Gasteiger partial charge in [0.1, 0.15) is 0 Å². The Kier molecular flexibility index (Phi) is 4.47. The van der Waals surface area contributed by atoms with E-state index in [9.17, 15) is 9.59 Å². The predicted molar refractivity (Wildman–Crippen MR) is 77.8 cm³/mol. The third kappa shape index (κ3) is 3.42. The molecular formula is C14H14N2O3S. The molecule has 1 heterocycles. The van der Waals surface area contributed by atoms with Crippen molar-refractivity contribution in [3.8, 4) is 11.3 Å². The highest BCUT2D eigenvalue weighted by atomic mass is 32.1. The third-order valence-corrected chi connectivity index (χ3v) is 3.69. The van der Waals surface area contributed by atoms with Gasteiger partial charge >= 0.3 is 5.97 Å². The quantitative estimate of drug-likeness (QED) is 0.919. The van der Waals surface area contributed by atoms with Gasteiger partial charge in [-0.1, -0.05) is 30.3 Å². The van der Waals surface area contributed by atoms with E-state index < -0.39 is 5.97 Å². The lowest BCUT2D eigenvalue weighted by Crippen LogP contribution is -2.26. The fourth-order valence-corrected chi connectivity index (χ4v) is 2.46. The minimum atomic E-state index is -0.976. The van der Waals surface area contributed by atoms with Gasteiger partial charge in [-0.25, -0.2) is 4.98 Å². The zero-order valence-electron chi connectivity index (χ0n) is 10.9. The Labute approximate surface area is 120 Å². The lowest BCUT2D eigenvalue weighted by Gasteiger charge is -2.12. The summed E-state index contributed by atoms with van der Waals surface area (Å²) in [5, 5.41) is 11.0. The number of aromatic nitrogens is 1. The Balaban J connectivity index is 2.08. The zero-order valence-corrected chi connectivity index (χ0v) is 11.8. The monoisotopic (exact) mass is 290 g/mol. The topological polar surface area (TPSA) is 70.5 Å². The van der Waals surface area contributed by atoms with Crippen LogP contribution in [-0.2, 0) is 9.59 Å². The summed E-state index contributed by atoms with van der Waals surface area (Å²) in [4.78, 5) is 28.1. The van der Waals surface area contributed by atoms with Crippen LogP contribution in [0.1, 0.15) is 12.8 Å². The van der Waals surface area contributed by atoms with E-state index in [2.05, 4.69) is 4.98 Å². The van der Waals surface area contributed by atoms with Crippen LogP contribution in [0.15, 0.2) is 35.7 Å². The van der Waals surface area contributed by atoms with E-state index in [0.717, 1.165) is 11.3 Å². The molecule has 104 valence electrons. The van der Waals surface area contributed by atoms with Gasteiger partial charge in [-0.2, -0.15) is 0 Å². The van der Waals surface area contributed by atoms with Gasteiger partial charge in [0.05, 0.1) is 12.1 Å². The standard InChI is InChI=1S/C14H14N2O3S/c1-16(12(17)7-8-13(18)19)14-15-11(9-20-14)10-5-3-2-4-6-10/h2-6,9H,7-8H2,1H3,(H,18,19). The first-order valence-corrected chi connectivity index (χ1v) is 6.95. The van der Waals surface area contributed by atoms with Crippen LogP contribution in [0.2, 0.25) is 0 Å². The number of carboxylic acid groups (broad SMARTS) is 1. The van der Waals surface area contributed by atoms with Crippen molar-refractivity contribution in [2.24, 2.45) is 0 Å². The number of nitrogens with zero attached hydrogens (tertiary/aromatic N) is 2. The fourth-order valence-electron chi connectivity index (χ4n) is 1.65. The molecule has 0 saturated carbocycles. The van der Waals surface area contributed by atoms with Crippen molar-refractivity contribution in [2.45, 2.75) is 12.8 Å². The van der Waals surface area contributed by atoms with Crippen molar-refractivity contribution in [2.75, 3.05) is 11.9 Å². The molecule has 1 N–H and O–H groups in total. The second kappa shape index (κ2) is 6.29. The summed E-state index contributed by atoms with van der Waals surface area (Å²) in [6, 6.07) is 9.68. The normalized spacial score (nSPS) is 10.2. The van der Waals surface area contributed by atoms with E-state index in [-0.39, 0.29) is 18.7 Å². The molecule has 0 fully saturated rings. The largest absolute Gasteiger partial charge is 0.481 e. The van der Waals surface area contributed by atoms with Crippen LogP contribution in [0.25, 0.3) is 11.3 Å². The summed E-state index contributed by atoms with van der Waals surface area (Å²) in [6.45, 7) is 0. The number of carbonyl (C=O) groups excluding carboxylic acids is 1. The average Bonchev–Trinajstić information content (AvgIpc) is 2.94. The second-order valence-corrected chi connectivity index (χ2v) is 5.06.